The maximum atomic E-state index is 11.7. The highest BCUT2D eigenvalue weighted by molar-refractivity contribution is 5.89. The monoisotopic (exact) mass is 310 g/mol. The van der Waals surface area contributed by atoms with Crippen LogP contribution in [0.2, 0.25) is 0 Å². The Kier molecular flexibility index (Phi) is 6.84. The van der Waals surface area contributed by atoms with Crippen LogP contribution in [-0.2, 0) is 20.9 Å². The summed E-state index contributed by atoms with van der Waals surface area (Å²) in [5.74, 6) is -2.04. The number of hydrogen-bond acceptors (Lipinski definition) is 5. The number of aliphatic hydroxyl groups is 1. The molecule has 0 saturated heterocycles. The second-order valence-electron chi connectivity index (χ2n) is 4.51. The SMILES string of the molecule is C[C@H](NC(=O)[C@H](CO)NC(=O)OCc1ccccc1)C(=O)O. The van der Waals surface area contributed by atoms with Crippen molar-refractivity contribution in [2.24, 2.45) is 0 Å². The fourth-order valence-electron chi connectivity index (χ4n) is 1.48. The van der Waals surface area contributed by atoms with E-state index in [2.05, 4.69) is 10.6 Å². The molecule has 0 radical (unpaired) electrons. The van der Waals surface area contributed by atoms with Crippen LogP contribution in [0.1, 0.15) is 12.5 Å². The predicted molar refractivity (Wildman–Crippen MR) is 75.9 cm³/mol. The van der Waals surface area contributed by atoms with Gasteiger partial charge in [-0.2, -0.15) is 0 Å². The van der Waals surface area contributed by atoms with E-state index in [4.69, 9.17) is 14.9 Å². The highest BCUT2D eigenvalue weighted by Gasteiger charge is 2.23. The Labute approximate surface area is 127 Å². The highest BCUT2D eigenvalue weighted by atomic mass is 16.5. The Morgan fingerprint density at radius 3 is 2.36 bits per heavy atom. The average Bonchev–Trinajstić information content (AvgIpc) is 2.51. The topological polar surface area (TPSA) is 125 Å². The summed E-state index contributed by atoms with van der Waals surface area (Å²) in [7, 11) is 0. The first kappa shape index (κ1) is 17.4. The van der Waals surface area contributed by atoms with Crippen molar-refractivity contribution in [3.63, 3.8) is 0 Å². The summed E-state index contributed by atoms with van der Waals surface area (Å²) in [6, 6.07) is 6.49. The van der Waals surface area contributed by atoms with Crippen LogP contribution in [-0.4, -0.2) is 46.9 Å². The van der Waals surface area contributed by atoms with E-state index in [1.165, 1.54) is 6.92 Å². The molecule has 120 valence electrons. The third-order valence-corrected chi connectivity index (χ3v) is 2.73. The molecule has 0 bridgehead atoms. The lowest BCUT2D eigenvalue weighted by molar-refractivity contribution is -0.141. The van der Waals surface area contributed by atoms with Crippen LogP contribution in [0.25, 0.3) is 0 Å². The van der Waals surface area contributed by atoms with Crippen LogP contribution >= 0.6 is 0 Å². The largest absolute Gasteiger partial charge is 0.480 e. The van der Waals surface area contributed by atoms with Crippen molar-refractivity contribution in [1.29, 1.82) is 0 Å². The molecule has 0 spiro atoms. The number of carbonyl (C=O) groups excluding carboxylic acids is 2. The van der Waals surface area contributed by atoms with E-state index in [9.17, 15) is 14.4 Å². The summed E-state index contributed by atoms with van der Waals surface area (Å²) < 4.78 is 4.91. The van der Waals surface area contributed by atoms with E-state index < -0.39 is 36.7 Å². The van der Waals surface area contributed by atoms with Gasteiger partial charge in [0.05, 0.1) is 6.61 Å². The molecule has 22 heavy (non-hydrogen) atoms. The minimum Gasteiger partial charge on any atom is -0.480 e. The molecule has 2 amide bonds. The standard InChI is InChI=1S/C14H18N2O6/c1-9(13(19)20)15-12(18)11(7-17)16-14(21)22-8-10-5-3-2-4-6-10/h2-6,9,11,17H,7-8H2,1H3,(H,15,18)(H,16,21)(H,19,20)/t9-,11-/m0/s1. The Morgan fingerprint density at radius 2 is 1.82 bits per heavy atom. The molecule has 8 nitrogen and oxygen atoms in total. The number of carboxylic acids is 1. The van der Waals surface area contributed by atoms with E-state index in [1.54, 1.807) is 24.3 Å². The summed E-state index contributed by atoms with van der Waals surface area (Å²) >= 11 is 0. The van der Waals surface area contributed by atoms with Crippen molar-refractivity contribution >= 4 is 18.0 Å². The van der Waals surface area contributed by atoms with Crippen LogP contribution < -0.4 is 10.6 Å². The van der Waals surface area contributed by atoms with Crippen molar-refractivity contribution < 1.29 is 29.3 Å². The molecule has 1 aromatic rings. The van der Waals surface area contributed by atoms with Gasteiger partial charge < -0.3 is 25.6 Å². The van der Waals surface area contributed by atoms with Crippen LogP contribution in [0.4, 0.5) is 4.79 Å². The van der Waals surface area contributed by atoms with Gasteiger partial charge in [-0.05, 0) is 12.5 Å². The second kappa shape index (κ2) is 8.63. The van der Waals surface area contributed by atoms with Gasteiger partial charge in [0, 0.05) is 0 Å². The molecular formula is C14H18N2O6. The lowest BCUT2D eigenvalue weighted by Gasteiger charge is -2.17. The quantitative estimate of drug-likeness (QED) is 0.555. The molecule has 0 saturated carbocycles. The zero-order chi connectivity index (χ0) is 16.5. The van der Waals surface area contributed by atoms with E-state index in [-0.39, 0.29) is 6.61 Å². The third kappa shape index (κ3) is 5.80. The molecule has 1 aromatic carbocycles. The van der Waals surface area contributed by atoms with Gasteiger partial charge in [-0.15, -0.1) is 0 Å². The highest BCUT2D eigenvalue weighted by Crippen LogP contribution is 2.00. The Balaban J connectivity index is 2.45. The van der Waals surface area contributed by atoms with E-state index in [1.807, 2.05) is 6.07 Å². The predicted octanol–water partition coefficient (Wildman–Crippen LogP) is -0.137. The van der Waals surface area contributed by atoms with Gasteiger partial charge in [-0.25, -0.2) is 4.79 Å². The van der Waals surface area contributed by atoms with E-state index in [0.29, 0.717) is 0 Å². The molecule has 0 aromatic heterocycles. The van der Waals surface area contributed by atoms with E-state index in [0.717, 1.165) is 5.56 Å². The summed E-state index contributed by atoms with van der Waals surface area (Å²) in [4.78, 5) is 33.9. The zero-order valence-corrected chi connectivity index (χ0v) is 12.0. The number of hydrogen-bond donors (Lipinski definition) is 4. The second-order valence-corrected chi connectivity index (χ2v) is 4.51. The molecule has 0 aliphatic carbocycles. The van der Waals surface area contributed by atoms with Gasteiger partial charge in [0.25, 0.3) is 0 Å². The molecule has 0 unspecified atom stereocenters. The molecule has 8 heteroatoms. The number of carbonyl (C=O) groups is 3. The first-order chi connectivity index (χ1) is 10.4. The molecule has 0 fully saturated rings. The van der Waals surface area contributed by atoms with Crippen molar-refractivity contribution in [1.82, 2.24) is 10.6 Å². The van der Waals surface area contributed by atoms with Crippen LogP contribution in [0, 0.1) is 0 Å². The average molecular weight is 310 g/mol. The number of nitrogens with one attached hydrogen (secondary N) is 2. The minimum absolute atomic E-state index is 0.0119. The van der Waals surface area contributed by atoms with Crippen molar-refractivity contribution in [2.45, 2.75) is 25.6 Å². The summed E-state index contributed by atoms with van der Waals surface area (Å²) in [6.07, 6.45) is -0.888. The summed E-state index contributed by atoms with van der Waals surface area (Å²) in [6.45, 7) is 0.596. The van der Waals surface area contributed by atoms with Gasteiger partial charge >= 0.3 is 12.1 Å². The number of aliphatic hydroxyl groups excluding tert-OH is 1. The smallest absolute Gasteiger partial charge is 0.408 e. The van der Waals surface area contributed by atoms with Gasteiger partial charge in [0.15, 0.2) is 0 Å². The summed E-state index contributed by atoms with van der Waals surface area (Å²) in [5.41, 5.74) is 0.766. The number of aliphatic carboxylic acids is 1. The molecular weight excluding hydrogens is 292 g/mol. The Hall–Kier alpha value is -2.61. The number of carboxylic acid groups (broad SMARTS) is 1. The minimum atomic E-state index is -1.29. The number of ether oxygens (including phenoxy) is 1. The van der Waals surface area contributed by atoms with Gasteiger partial charge in [-0.1, -0.05) is 30.3 Å². The van der Waals surface area contributed by atoms with Crippen LogP contribution in [0.3, 0.4) is 0 Å². The first-order valence-corrected chi connectivity index (χ1v) is 6.55. The number of benzene rings is 1. The third-order valence-electron chi connectivity index (χ3n) is 2.73. The van der Waals surface area contributed by atoms with Gasteiger partial charge in [0.1, 0.15) is 18.7 Å². The maximum absolute atomic E-state index is 11.7. The molecule has 0 aliphatic heterocycles. The molecule has 2 atom stereocenters. The lowest BCUT2D eigenvalue weighted by atomic mass is 10.2. The molecule has 0 heterocycles. The van der Waals surface area contributed by atoms with Crippen LogP contribution in [0.5, 0.6) is 0 Å². The van der Waals surface area contributed by atoms with Gasteiger partial charge in [0.2, 0.25) is 5.91 Å². The van der Waals surface area contributed by atoms with Gasteiger partial charge in [-0.3, -0.25) is 9.59 Å². The molecule has 4 N–H and O–H groups in total. The van der Waals surface area contributed by atoms with Crippen molar-refractivity contribution in [3.05, 3.63) is 35.9 Å². The van der Waals surface area contributed by atoms with E-state index >= 15 is 0 Å². The maximum Gasteiger partial charge on any atom is 0.408 e. The number of rotatable bonds is 7. The summed E-state index contributed by atoms with van der Waals surface area (Å²) in [5, 5.41) is 22.1. The number of alkyl carbamates (subject to hydrolysis) is 1. The van der Waals surface area contributed by atoms with Crippen molar-refractivity contribution in [2.75, 3.05) is 6.61 Å². The molecule has 0 aliphatic rings. The fraction of sp³-hybridized carbons (Fsp3) is 0.357. The first-order valence-electron chi connectivity index (χ1n) is 6.55. The Morgan fingerprint density at radius 1 is 1.18 bits per heavy atom. The lowest BCUT2D eigenvalue weighted by Crippen LogP contribution is -2.52. The fourth-order valence-corrected chi connectivity index (χ4v) is 1.48. The van der Waals surface area contributed by atoms with Crippen LogP contribution in [0.15, 0.2) is 30.3 Å². The number of amides is 2. The molecule has 1 rings (SSSR count). The normalized spacial score (nSPS) is 12.8. The zero-order valence-electron chi connectivity index (χ0n) is 12.0. The van der Waals surface area contributed by atoms with Crippen molar-refractivity contribution in [3.8, 4) is 0 Å². The Bertz CT molecular complexity index is 519.